The molecule has 7 aromatic carbocycles. The van der Waals surface area contributed by atoms with Crippen molar-refractivity contribution >= 4 is 53.3 Å². The smallest absolute Gasteiger partial charge is 0.165 e. The molecule has 3 aromatic heterocycles. The first-order valence-corrected chi connectivity index (χ1v) is 21.2. The van der Waals surface area contributed by atoms with Crippen molar-refractivity contribution in [2.75, 3.05) is 0 Å². The molecule has 59 heavy (non-hydrogen) atoms. The number of para-hydroxylation sites is 2. The second-order valence-corrected chi connectivity index (χ2v) is 17.5. The predicted molar refractivity (Wildman–Crippen MR) is 246 cm³/mol. The van der Waals surface area contributed by atoms with E-state index in [0.29, 0.717) is 29.3 Å². The molecular formula is C54H38N4S. The first-order valence-electron chi connectivity index (χ1n) is 20.4. The lowest BCUT2D eigenvalue weighted by Crippen LogP contribution is -2.24. The molecule has 2 unspecified atom stereocenters. The van der Waals surface area contributed by atoms with Crippen molar-refractivity contribution < 1.29 is 0 Å². The van der Waals surface area contributed by atoms with Gasteiger partial charge in [-0.1, -0.05) is 153 Å². The lowest BCUT2D eigenvalue weighted by Gasteiger charge is -2.29. The number of aromatic nitrogens is 4. The molecule has 0 amide bonds. The van der Waals surface area contributed by atoms with E-state index in [2.05, 4.69) is 164 Å². The van der Waals surface area contributed by atoms with Crippen molar-refractivity contribution in [2.45, 2.75) is 25.2 Å². The topological polar surface area (TPSA) is 43.6 Å². The third kappa shape index (κ3) is 5.24. The zero-order valence-electron chi connectivity index (χ0n) is 32.7. The zero-order chi connectivity index (χ0) is 39.2. The van der Waals surface area contributed by atoms with Crippen molar-refractivity contribution in [1.82, 2.24) is 19.5 Å². The highest BCUT2D eigenvalue weighted by molar-refractivity contribution is 7.26. The molecule has 10 aromatic rings. The summed E-state index contributed by atoms with van der Waals surface area (Å²) in [4.78, 5) is 15.5. The summed E-state index contributed by atoms with van der Waals surface area (Å²) in [6, 6.07) is 56.7. The van der Waals surface area contributed by atoms with Crippen molar-refractivity contribution in [1.29, 1.82) is 0 Å². The number of allylic oxidation sites excluding steroid dienone is 4. The van der Waals surface area contributed by atoms with Crippen LogP contribution in [-0.2, 0) is 5.41 Å². The predicted octanol–water partition coefficient (Wildman–Crippen LogP) is 14.1. The number of fused-ring (bicyclic) bond motifs is 9. The van der Waals surface area contributed by atoms with Crippen LogP contribution in [0.2, 0.25) is 0 Å². The van der Waals surface area contributed by atoms with Crippen molar-refractivity contribution in [3.63, 3.8) is 0 Å². The Balaban J connectivity index is 1.13. The summed E-state index contributed by atoms with van der Waals surface area (Å²) in [5.41, 5.74) is 11.6. The van der Waals surface area contributed by atoms with Crippen LogP contribution in [-0.4, -0.2) is 19.5 Å². The maximum Gasteiger partial charge on any atom is 0.165 e. The van der Waals surface area contributed by atoms with Crippen LogP contribution in [0.1, 0.15) is 30.9 Å². The highest BCUT2D eigenvalue weighted by atomic mass is 32.1. The SMILES string of the molecule is CC1(C)c2cc3c(cc2C2C=CC=CC21)c1ccccc1n3-c1ccccc1-c1cc(-c2nc(-c3ccccc3)nc(-c3ccccc3)n2)c2sc3ccccc3c2c1. The fraction of sp³-hybridized carbons (Fsp3) is 0.0926. The standard InChI is InChI=1S/C54H38N4S/c1-54(2)44-25-13-9-22-37(44)40-31-41-38-23-11-15-27-47(38)58(48(41)32-45(40)54)46-26-14-10-21-36(46)35-29-42-39-24-12-16-28-49(39)59-50(42)43(30-35)53-56-51(33-17-5-3-6-18-33)55-52(57-53)34-19-7-4-8-20-34/h3-32,37,44H,1-2H3. The van der Waals surface area contributed by atoms with Gasteiger partial charge in [0.05, 0.1) is 16.7 Å². The molecule has 2 aliphatic rings. The average molecular weight is 775 g/mol. The van der Waals surface area contributed by atoms with E-state index in [1.165, 1.54) is 48.4 Å². The molecule has 0 bridgehead atoms. The first kappa shape index (κ1) is 34.1. The Labute approximate surface area is 346 Å². The quantitative estimate of drug-likeness (QED) is 0.175. The van der Waals surface area contributed by atoms with Gasteiger partial charge >= 0.3 is 0 Å². The van der Waals surface area contributed by atoms with E-state index in [1.54, 1.807) is 11.3 Å². The summed E-state index contributed by atoms with van der Waals surface area (Å²) in [5, 5.41) is 4.98. The molecule has 0 N–H and O–H groups in total. The Bertz CT molecular complexity index is 3310. The van der Waals surface area contributed by atoms with Crippen LogP contribution in [0.4, 0.5) is 0 Å². The van der Waals surface area contributed by atoms with Crippen LogP contribution in [0.15, 0.2) is 182 Å². The summed E-state index contributed by atoms with van der Waals surface area (Å²) < 4.78 is 4.90. The Hall–Kier alpha value is -6.95. The van der Waals surface area contributed by atoms with Gasteiger partial charge in [0.1, 0.15) is 0 Å². The van der Waals surface area contributed by atoms with Gasteiger partial charge in [-0.3, -0.25) is 0 Å². The van der Waals surface area contributed by atoms with E-state index in [1.807, 2.05) is 36.4 Å². The average Bonchev–Trinajstić information content (AvgIpc) is 3.91. The number of hydrogen-bond donors (Lipinski definition) is 0. The van der Waals surface area contributed by atoms with Crippen LogP contribution >= 0.6 is 11.3 Å². The van der Waals surface area contributed by atoms with Crippen LogP contribution in [0, 0.1) is 5.92 Å². The van der Waals surface area contributed by atoms with Gasteiger partial charge in [-0.25, -0.2) is 15.0 Å². The lowest BCUT2D eigenvalue weighted by atomic mass is 9.74. The van der Waals surface area contributed by atoms with Crippen LogP contribution in [0.25, 0.3) is 93.0 Å². The molecule has 5 heteroatoms. The van der Waals surface area contributed by atoms with Gasteiger partial charge in [0.2, 0.25) is 0 Å². The Morgan fingerprint density at radius 1 is 0.508 bits per heavy atom. The molecule has 0 fully saturated rings. The summed E-state index contributed by atoms with van der Waals surface area (Å²) in [7, 11) is 0. The molecule has 0 saturated heterocycles. The highest BCUT2D eigenvalue weighted by Crippen LogP contribution is 2.55. The fourth-order valence-electron chi connectivity index (χ4n) is 9.89. The van der Waals surface area contributed by atoms with E-state index in [4.69, 9.17) is 15.0 Å². The van der Waals surface area contributed by atoms with Crippen molar-refractivity contribution in [2.24, 2.45) is 5.92 Å². The summed E-state index contributed by atoms with van der Waals surface area (Å²) in [6.45, 7) is 4.84. The molecule has 0 radical (unpaired) electrons. The Morgan fingerprint density at radius 3 is 1.93 bits per heavy atom. The molecule has 0 spiro atoms. The van der Waals surface area contributed by atoms with Gasteiger partial charge in [-0.15, -0.1) is 11.3 Å². The number of thiophene rings is 1. The minimum absolute atomic E-state index is 0.00204. The molecule has 0 saturated carbocycles. The number of rotatable bonds is 5. The molecule has 2 atom stereocenters. The minimum Gasteiger partial charge on any atom is -0.309 e. The third-order valence-electron chi connectivity index (χ3n) is 12.7. The van der Waals surface area contributed by atoms with E-state index in [-0.39, 0.29) is 5.41 Å². The first-order chi connectivity index (χ1) is 29.0. The second kappa shape index (κ2) is 13.0. The van der Waals surface area contributed by atoms with E-state index in [9.17, 15) is 0 Å². The molecule has 0 aliphatic heterocycles. The molecular weight excluding hydrogens is 737 g/mol. The Kier molecular flexibility index (Phi) is 7.54. The summed E-state index contributed by atoms with van der Waals surface area (Å²) in [5.74, 6) is 2.79. The molecule has 12 rings (SSSR count). The lowest BCUT2D eigenvalue weighted by molar-refractivity contribution is 0.394. The fourth-order valence-corrected chi connectivity index (χ4v) is 11.1. The van der Waals surface area contributed by atoms with Gasteiger partial charge in [0.15, 0.2) is 17.5 Å². The third-order valence-corrected chi connectivity index (χ3v) is 14.0. The molecule has 4 nitrogen and oxygen atoms in total. The second-order valence-electron chi connectivity index (χ2n) is 16.4. The summed E-state index contributed by atoms with van der Waals surface area (Å²) in [6.07, 6.45) is 9.26. The van der Waals surface area contributed by atoms with Crippen molar-refractivity contribution in [3.05, 3.63) is 193 Å². The normalized spacial score (nSPS) is 16.6. The zero-order valence-corrected chi connectivity index (χ0v) is 33.5. The number of nitrogens with zero attached hydrogens (tertiary/aromatic N) is 4. The monoisotopic (exact) mass is 774 g/mol. The minimum atomic E-state index is -0.00204. The van der Waals surface area contributed by atoms with Crippen LogP contribution < -0.4 is 0 Å². The summed E-state index contributed by atoms with van der Waals surface area (Å²) >= 11 is 1.80. The van der Waals surface area contributed by atoms with Crippen molar-refractivity contribution in [3.8, 4) is 51.0 Å². The van der Waals surface area contributed by atoms with E-state index >= 15 is 0 Å². The molecule has 2 aliphatic carbocycles. The van der Waals surface area contributed by atoms with Crippen LogP contribution in [0.3, 0.4) is 0 Å². The van der Waals surface area contributed by atoms with Gasteiger partial charge in [0, 0.05) is 59.1 Å². The van der Waals surface area contributed by atoms with Gasteiger partial charge in [-0.2, -0.15) is 0 Å². The van der Waals surface area contributed by atoms with Crippen LogP contribution in [0.5, 0.6) is 0 Å². The number of benzene rings is 7. The highest BCUT2D eigenvalue weighted by Gasteiger charge is 2.45. The maximum absolute atomic E-state index is 5.26. The number of hydrogen-bond acceptors (Lipinski definition) is 4. The van der Waals surface area contributed by atoms with Gasteiger partial charge < -0.3 is 4.57 Å². The van der Waals surface area contributed by atoms with E-state index < -0.39 is 0 Å². The molecule has 280 valence electrons. The Morgan fingerprint density at radius 2 is 1.15 bits per heavy atom. The van der Waals surface area contributed by atoms with Gasteiger partial charge in [0.25, 0.3) is 0 Å². The van der Waals surface area contributed by atoms with E-state index in [0.717, 1.165) is 38.2 Å². The molecule has 3 heterocycles. The largest absolute Gasteiger partial charge is 0.309 e. The maximum atomic E-state index is 5.26. The van der Waals surface area contributed by atoms with Gasteiger partial charge in [-0.05, 0) is 70.5 Å².